The van der Waals surface area contributed by atoms with Crippen LogP contribution < -0.4 is 10.1 Å². The Bertz CT molecular complexity index is 650. The van der Waals surface area contributed by atoms with Gasteiger partial charge in [0.15, 0.2) is 0 Å². The van der Waals surface area contributed by atoms with Crippen LogP contribution in [0.1, 0.15) is 25.5 Å². The zero-order valence-electron chi connectivity index (χ0n) is 12.7. The molecule has 4 heteroatoms. The van der Waals surface area contributed by atoms with Crippen LogP contribution >= 0.6 is 0 Å². The summed E-state index contributed by atoms with van der Waals surface area (Å²) >= 11 is 0. The van der Waals surface area contributed by atoms with Crippen LogP contribution in [-0.4, -0.2) is 12.7 Å². The summed E-state index contributed by atoms with van der Waals surface area (Å²) < 4.78 is 10.9. The molecule has 0 saturated carbocycles. The van der Waals surface area contributed by atoms with E-state index in [0.717, 1.165) is 17.1 Å². The zero-order chi connectivity index (χ0) is 15.6. The number of ether oxygens (including phenoxy) is 2. The van der Waals surface area contributed by atoms with Crippen LogP contribution in [0.25, 0.3) is 0 Å². The van der Waals surface area contributed by atoms with Crippen LogP contribution in [0.3, 0.4) is 0 Å². The summed E-state index contributed by atoms with van der Waals surface area (Å²) in [5, 5.41) is 2.89. The van der Waals surface area contributed by atoms with Crippen molar-refractivity contribution in [3.63, 3.8) is 0 Å². The smallest absolute Gasteiger partial charge is 0.407 e. The number of para-hydroxylation sites is 1. The van der Waals surface area contributed by atoms with Gasteiger partial charge in [0.2, 0.25) is 0 Å². The van der Waals surface area contributed by atoms with Gasteiger partial charge in [-0.25, -0.2) is 4.79 Å². The van der Waals surface area contributed by atoms with E-state index in [9.17, 15) is 4.79 Å². The molecule has 0 unspecified atom stereocenters. The number of hydrogen-bond acceptors (Lipinski definition) is 3. The molecule has 4 nitrogen and oxygen atoms in total. The molecule has 0 spiro atoms. The monoisotopic (exact) mass is 297 g/mol. The molecule has 0 aromatic heterocycles. The van der Waals surface area contributed by atoms with Crippen molar-refractivity contribution in [2.75, 3.05) is 6.61 Å². The van der Waals surface area contributed by atoms with E-state index in [1.54, 1.807) is 0 Å². The molecule has 0 aliphatic carbocycles. The van der Waals surface area contributed by atoms with Crippen molar-refractivity contribution < 1.29 is 14.3 Å². The number of amides is 1. The van der Waals surface area contributed by atoms with E-state index < -0.39 is 0 Å². The van der Waals surface area contributed by atoms with Crippen molar-refractivity contribution in [3.05, 3.63) is 60.2 Å². The Morgan fingerprint density at radius 1 is 1.05 bits per heavy atom. The lowest BCUT2D eigenvalue weighted by Crippen LogP contribution is -2.46. The number of carbonyl (C=O) groups is 1. The van der Waals surface area contributed by atoms with Crippen molar-refractivity contribution in [3.8, 4) is 11.5 Å². The fourth-order valence-electron chi connectivity index (χ4n) is 2.58. The minimum Gasteiger partial charge on any atom is -0.457 e. The first-order valence-corrected chi connectivity index (χ1v) is 7.31. The van der Waals surface area contributed by atoms with Gasteiger partial charge in [-0.15, -0.1) is 0 Å². The molecule has 22 heavy (non-hydrogen) atoms. The first-order valence-electron chi connectivity index (χ1n) is 7.31. The predicted molar refractivity (Wildman–Crippen MR) is 84.0 cm³/mol. The Morgan fingerprint density at radius 2 is 1.68 bits per heavy atom. The van der Waals surface area contributed by atoms with Crippen LogP contribution in [-0.2, 0) is 4.74 Å². The topological polar surface area (TPSA) is 47.6 Å². The normalized spacial score (nSPS) is 19.9. The minimum atomic E-state index is -0.367. The summed E-state index contributed by atoms with van der Waals surface area (Å²) in [7, 11) is 0. The molecule has 3 rings (SSSR count). The van der Waals surface area contributed by atoms with Gasteiger partial charge in [-0.2, -0.15) is 0 Å². The van der Waals surface area contributed by atoms with E-state index in [1.165, 1.54) is 0 Å². The maximum Gasteiger partial charge on any atom is 0.407 e. The van der Waals surface area contributed by atoms with Gasteiger partial charge in [0.1, 0.15) is 18.1 Å². The van der Waals surface area contributed by atoms with Crippen molar-refractivity contribution >= 4 is 6.09 Å². The first-order chi connectivity index (χ1) is 10.5. The van der Waals surface area contributed by atoms with E-state index in [2.05, 4.69) is 19.2 Å². The van der Waals surface area contributed by atoms with Gasteiger partial charge in [0, 0.05) is 5.41 Å². The lowest BCUT2D eigenvalue weighted by atomic mass is 9.80. The van der Waals surface area contributed by atoms with E-state index in [4.69, 9.17) is 9.47 Å². The molecule has 2 aromatic carbocycles. The molecule has 0 bridgehead atoms. The quantitative estimate of drug-likeness (QED) is 0.919. The molecule has 0 radical (unpaired) electrons. The molecule has 114 valence electrons. The third-order valence-corrected chi connectivity index (χ3v) is 3.81. The highest BCUT2D eigenvalue weighted by Crippen LogP contribution is 2.37. The highest BCUT2D eigenvalue weighted by atomic mass is 16.6. The molecule has 2 aromatic rings. The van der Waals surface area contributed by atoms with Gasteiger partial charge in [-0.1, -0.05) is 44.2 Å². The molecule has 1 amide bonds. The molecular formula is C18H19NO3. The van der Waals surface area contributed by atoms with E-state index in [0.29, 0.717) is 6.61 Å². The van der Waals surface area contributed by atoms with E-state index in [1.807, 2.05) is 54.6 Å². The minimum absolute atomic E-state index is 0.0699. The van der Waals surface area contributed by atoms with Crippen LogP contribution in [0.5, 0.6) is 11.5 Å². The zero-order valence-corrected chi connectivity index (χ0v) is 12.7. The van der Waals surface area contributed by atoms with Gasteiger partial charge >= 0.3 is 6.09 Å². The van der Waals surface area contributed by atoms with Gasteiger partial charge in [0.05, 0.1) is 6.04 Å². The van der Waals surface area contributed by atoms with Gasteiger partial charge in [-0.3, -0.25) is 0 Å². The van der Waals surface area contributed by atoms with Gasteiger partial charge < -0.3 is 14.8 Å². The second-order valence-electron chi connectivity index (χ2n) is 6.13. The molecule has 1 aliphatic rings. The average molecular weight is 297 g/mol. The fourth-order valence-corrected chi connectivity index (χ4v) is 2.58. The fraction of sp³-hybridized carbons (Fsp3) is 0.278. The molecular weight excluding hydrogens is 278 g/mol. The van der Waals surface area contributed by atoms with Crippen LogP contribution in [0.4, 0.5) is 4.79 Å². The van der Waals surface area contributed by atoms with Crippen molar-refractivity contribution in [1.82, 2.24) is 5.32 Å². The second kappa shape index (κ2) is 5.72. The van der Waals surface area contributed by atoms with Crippen molar-refractivity contribution in [1.29, 1.82) is 0 Å². The molecule has 1 N–H and O–H groups in total. The number of rotatable bonds is 3. The number of alkyl carbamates (subject to hydrolysis) is 1. The maximum absolute atomic E-state index is 11.5. The van der Waals surface area contributed by atoms with Gasteiger partial charge in [-0.05, 0) is 29.8 Å². The van der Waals surface area contributed by atoms with E-state index >= 15 is 0 Å². The summed E-state index contributed by atoms with van der Waals surface area (Å²) in [6, 6.07) is 17.4. The predicted octanol–water partition coefficient (Wildman–Crippen LogP) is 4.29. The lowest BCUT2D eigenvalue weighted by Gasteiger charge is -2.38. The molecule has 1 heterocycles. The molecule has 1 saturated heterocycles. The summed E-state index contributed by atoms with van der Waals surface area (Å²) in [6.45, 7) is 4.56. The molecule has 1 atom stereocenters. The average Bonchev–Trinajstić information content (AvgIpc) is 2.52. The Kier molecular flexibility index (Phi) is 3.75. The van der Waals surface area contributed by atoms with Crippen molar-refractivity contribution in [2.45, 2.75) is 19.9 Å². The highest BCUT2D eigenvalue weighted by molar-refractivity contribution is 5.69. The summed E-state index contributed by atoms with van der Waals surface area (Å²) in [5.74, 6) is 1.57. The van der Waals surface area contributed by atoms with Crippen molar-refractivity contribution in [2.24, 2.45) is 5.41 Å². The summed E-state index contributed by atoms with van der Waals surface area (Å²) in [5.41, 5.74) is 0.887. The number of cyclic esters (lactones) is 1. The Hall–Kier alpha value is -2.49. The maximum atomic E-state index is 11.5. The van der Waals surface area contributed by atoms with E-state index in [-0.39, 0.29) is 17.6 Å². The molecule has 1 fully saturated rings. The van der Waals surface area contributed by atoms with Crippen LogP contribution in [0, 0.1) is 5.41 Å². The summed E-state index contributed by atoms with van der Waals surface area (Å²) in [4.78, 5) is 11.5. The summed E-state index contributed by atoms with van der Waals surface area (Å²) in [6.07, 6.45) is -0.367. The highest BCUT2D eigenvalue weighted by Gasteiger charge is 2.37. The third-order valence-electron chi connectivity index (χ3n) is 3.81. The number of carbonyl (C=O) groups excluding carboxylic acids is 1. The third kappa shape index (κ3) is 3.06. The first kappa shape index (κ1) is 14.4. The SMILES string of the molecule is CC1(C)COC(=O)N[C@H]1c1ccc(Oc2ccccc2)cc1. The lowest BCUT2D eigenvalue weighted by molar-refractivity contribution is 0.0387. The Balaban J connectivity index is 1.77. The second-order valence-corrected chi connectivity index (χ2v) is 6.13. The Morgan fingerprint density at radius 3 is 2.36 bits per heavy atom. The molecule has 1 aliphatic heterocycles. The largest absolute Gasteiger partial charge is 0.457 e. The van der Waals surface area contributed by atoms with Crippen LogP contribution in [0.15, 0.2) is 54.6 Å². The number of nitrogens with one attached hydrogen (secondary N) is 1. The van der Waals surface area contributed by atoms with Gasteiger partial charge in [0.25, 0.3) is 0 Å². The number of benzene rings is 2. The Labute approximate surface area is 130 Å². The van der Waals surface area contributed by atoms with Crippen LogP contribution in [0.2, 0.25) is 0 Å². The number of hydrogen-bond donors (Lipinski definition) is 1. The standard InChI is InChI=1S/C18H19NO3/c1-18(2)12-21-17(20)19-16(18)13-8-10-15(11-9-13)22-14-6-4-3-5-7-14/h3-11,16H,12H2,1-2H3,(H,19,20)/t16-/m0/s1.